The lowest BCUT2D eigenvalue weighted by Crippen LogP contribution is -2.15. The molecule has 80 valence electrons. The van der Waals surface area contributed by atoms with Crippen LogP contribution in [0.1, 0.15) is 46.5 Å². The van der Waals surface area contributed by atoms with E-state index in [4.69, 9.17) is 4.74 Å². The van der Waals surface area contributed by atoms with Gasteiger partial charge in [0.15, 0.2) is 0 Å². The summed E-state index contributed by atoms with van der Waals surface area (Å²) in [4.78, 5) is 0. The third-order valence-corrected chi connectivity index (χ3v) is 2.00. The Labute approximate surface area is 82.3 Å². The first-order valence-electron chi connectivity index (χ1n) is 5.42. The molecule has 0 aliphatic carbocycles. The molecule has 0 fully saturated rings. The molecule has 0 aromatic rings. The monoisotopic (exact) mass is 188 g/mol. The molecule has 2 heteroatoms. The molecule has 0 radical (unpaired) electrons. The molecule has 0 amide bonds. The molecule has 0 heterocycles. The summed E-state index contributed by atoms with van der Waals surface area (Å²) < 4.78 is 5.35. The van der Waals surface area contributed by atoms with Gasteiger partial charge >= 0.3 is 0 Å². The Morgan fingerprint density at radius 1 is 1.23 bits per heavy atom. The molecule has 0 saturated carbocycles. The second-order valence-corrected chi connectivity index (χ2v) is 4.05. The fourth-order valence-corrected chi connectivity index (χ4v) is 1.23. The maximum Gasteiger partial charge on any atom is 0.0773 e. The van der Waals surface area contributed by atoms with Gasteiger partial charge in [-0.3, -0.25) is 0 Å². The second kappa shape index (κ2) is 8.52. The van der Waals surface area contributed by atoms with Crippen LogP contribution in [0.2, 0.25) is 0 Å². The summed E-state index contributed by atoms with van der Waals surface area (Å²) >= 11 is 0. The lowest BCUT2D eigenvalue weighted by molar-refractivity contribution is 0.0301. The van der Waals surface area contributed by atoms with Crippen LogP contribution in [0, 0.1) is 5.92 Å². The summed E-state index contributed by atoms with van der Waals surface area (Å²) in [6.07, 6.45) is 3.94. The third kappa shape index (κ3) is 9.84. The Hall–Kier alpha value is -0.0800. The number of hydrogen-bond donors (Lipinski definition) is 1. The fourth-order valence-electron chi connectivity index (χ4n) is 1.23. The van der Waals surface area contributed by atoms with Gasteiger partial charge in [0.05, 0.1) is 12.7 Å². The summed E-state index contributed by atoms with van der Waals surface area (Å²) in [5.74, 6) is 0.754. The Morgan fingerprint density at radius 3 is 2.46 bits per heavy atom. The standard InChI is InChI=1S/C11H24O2/c1-4-6-11(12)9-13-8-5-7-10(2)3/h10-12H,4-9H2,1-3H3. The molecule has 0 saturated heterocycles. The number of ether oxygens (including phenoxy) is 1. The summed E-state index contributed by atoms with van der Waals surface area (Å²) in [5.41, 5.74) is 0. The van der Waals surface area contributed by atoms with Crippen LogP contribution in [-0.2, 0) is 4.74 Å². The molecular formula is C11H24O2. The van der Waals surface area contributed by atoms with Gasteiger partial charge in [-0.05, 0) is 25.2 Å². The topological polar surface area (TPSA) is 29.5 Å². The Morgan fingerprint density at radius 2 is 1.92 bits per heavy atom. The van der Waals surface area contributed by atoms with E-state index in [2.05, 4.69) is 20.8 Å². The van der Waals surface area contributed by atoms with Crippen molar-refractivity contribution in [3.63, 3.8) is 0 Å². The van der Waals surface area contributed by atoms with Gasteiger partial charge in [-0.15, -0.1) is 0 Å². The van der Waals surface area contributed by atoms with E-state index in [1.165, 1.54) is 6.42 Å². The smallest absolute Gasteiger partial charge is 0.0773 e. The molecule has 0 aliphatic rings. The molecule has 0 bridgehead atoms. The zero-order valence-electron chi connectivity index (χ0n) is 9.25. The van der Waals surface area contributed by atoms with Crippen molar-refractivity contribution in [1.29, 1.82) is 0 Å². The molecule has 2 nitrogen and oxygen atoms in total. The van der Waals surface area contributed by atoms with Crippen LogP contribution in [0.15, 0.2) is 0 Å². The Balaban J connectivity index is 3.06. The van der Waals surface area contributed by atoms with Crippen molar-refractivity contribution in [2.75, 3.05) is 13.2 Å². The first-order valence-corrected chi connectivity index (χ1v) is 5.42. The predicted molar refractivity (Wildman–Crippen MR) is 55.8 cm³/mol. The molecular weight excluding hydrogens is 164 g/mol. The normalized spacial score (nSPS) is 13.6. The lowest BCUT2D eigenvalue weighted by atomic mass is 10.1. The first-order chi connectivity index (χ1) is 6.16. The molecule has 1 atom stereocenters. The van der Waals surface area contributed by atoms with Crippen LogP contribution in [0.3, 0.4) is 0 Å². The summed E-state index contributed by atoms with van der Waals surface area (Å²) in [6.45, 7) is 7.80. The van der Waals surface area contributed by atoms with Gasteiger partial charge in [-0.2, -0.15) is 0 Å². The molecule has 0 aliphatic heterocycles. The average Bonchev–Trinajstić information content (AvgIpc) is 2.03. The van der Waals surface area contributed by atoms with Crippen LogP contribution in [0.5, 0.6) is 0 Å². The van der Waals surface area contributed by atoms with Crippen molar-refractivity contribution >= 4 is 0 Å². The van der Waals surface area contributed by atoms with Crippen molar-refractivity contribution in [3.05, 3.63) is 0 Å². The molecule has 0 spiro atoms. The molecule has 0 aromatic carbocycles. The Bertz CT molecular complexity index is 102. The summed E-state index contributed by atoms with van der Waals surface area (Å²) in [7, 11) is 0. The zero-order chi connectivity index (χ0) is 10.1. The van der Waals surface area contributed by atoms with Gasteiger partial charge in [-0.25, -0.2) is 0 Å². The minimum Gasteiger partial charge on any atom is -0.391 e. The minimum atomic E-state index is -0.260. The largest absolute Gasteiger partial charge is 0.391 e. The van der Waals surface area contributed by atoms with E-state index in [1.807, 2.05) is 0 Å². The molecule has 1 unspecified atom stereocenters. The van der Waals surface area contributed by atoms with Crippen LogP contribution < -0.4 is 0 Å². The number of rotatable bonds is 8. The highest BCUT2D eigenvalue weighted by atomic mass is 16.5. The maximum atomic E-state index is 9.33. The highest BCUT2D eigenvalue weighted by Gasteiger charge is 2.01. The van der Waals surface area contributed by atoms with Crippen LogP contribution in [0.25, 0.3) is 0 Å². The van der Waals surface area contributed by atoms with Gasteiger partial charge in [-0.1, -0.05) is 27.2 Å². The van der Waals surface area contributed by atoms with E-state index >= 15 is 0 Å². The summed E-state index contributed by atoms with van der Waals surface area (Å²) in [5, 5.41) is 9.33. The minimum absolute atomic E-state index is 0.260. The van der Waals surface area contributed by atoms with E-state index in [0.717, 1.165) is 31.8 Å². The van der Waals surface area contributed by atoms with Crippen molar-refractivity contribution in [2.24, 2.45) is 5.92 Å². The lowest BCUT2D eigenvalue weighted by Gasteiger charge is -2.10. The van der Waals surface area contributed by atoms with Gasteiger partial charge in [0.2, 0.25) is 0 Å². The number of aliphatic hydroxyl groups excluding tert-OH is 1. The van der Waals surface area contributed by atoms with Crippen LogP contribution in [-0.4, -0.2) is 24.4 Å². The zero-order valence-corrected chi connectivity index (χ0v) is 9.25. The second-order valence-electron chi connectivity index (χ2n) is 4.05. The highest BCUT2D eigenvalue weighted by molar-refractivity contribution is 4.52. The third-order valence-electron chi connectivity index (χ3n) is 2.00. The number of hydrogen-bond acceptors (Lipinski definition) is 2. The van der Waals surface area contributed by atoms with E-state index in [9.17, 15) is 5.11 Å². The van der Waals surface area contributed by atoms with Gasteiger partial charge < -0.3 is 9.84 Å². The number of aliphatic hydroxyl groups is 1. The average molecular weight is 188 g/mol. The van der Waals surface area contributed by atoms with Gasteiger partial charge in [0.25, 0.3) is 0 Å². The molecule has 13 heavy (non-hydrogen) atoms. The molecule has 0 aromatic heterocycles. The molecule has 1 N–H and O–H groups in total. The van der Waals surface area contributed by atoms with Gasteiger partial charge in [0.1, 0.15) is 0 Å². The van der Waals surface area contributed by atoms with E-state index in [-0.39, 0.29) is 6.10 Å². The maximum absolute atomic E-state index is 9.33. The first kappa shape index (κ1) is 12.9. The van der Waals surface area contributed by atoms with Crippen molar-refractivity contribution < 1.29 is 9.84 Å². The highest BCUT2D eigenvalue weighted by Crippen LogP contribution is 2.04. The van der Waals surface area contributed by atoms with Crippen molar-refractivity contribution in [2.45, 2.75) is 52.6 Å². The summed E-state index contributed by atoms with van der Waals surface area (Å²) in [6, 6.07) is 0. The van der Waals surface area contributed by atoms with Crippen molar-refractivity contribution in [1.82, 2.24) is 0 Å². The van der Waals surface area contributed by atoms with Crippen LogP contribution in [0.4, 0.5) is 0 Å². The predicted octanol–water partition coefficient (Wildman–Crippen LogP) is 2.60. The fraction of sp³-hybridized carbons (Fsp3) is 1.00. The SMILES string of the molecule is CCCC(O)COCCCC(C)C. The van der Waals surface area contributed by atoms with E-state index < -0.39 is 0 Å². The van der Waals surface area contributed by atoms with E-state index in [1.54, 1.807) is 0 Å². The van der Waals surface area contributed by atoms with Crippen molar-refractivity contribution in [3.8, 4) is 0 Å². The van der Waals surface area contributed by atoms with Crippen LogP contribution >= 0.6 is 0 Å². The quantitative estimate of drug-likeness (QED) is 0.593. The Kier molecular flexibility index (Phi) is 8.46. The van der Waals surface area contributed by atoms with E-state index in [0.29, 0.717) is 6.61 Å². The van der Waals surface area contributed by atoms with Gasteiger partial charge in [0, 0.05) is 6.61 Å². The molecule has 0 rings (SSSR count).